The first-order chi connectivity index (χ1) is 24.9. The van der Waals surface area contributed by atoms with Crippen molar-refractivity contribution in [1.82, 2.24) is 24.1 Å². The fourth-order valence-electron chi connectivity index (χ4n) is 5.42. The molecule has 6 rings (SSSR count). The third-order valence-corrected chi connectivity index (χ3v) is 7.77. The number of nitrogens with one attached hydrogen (secondary N) is 1. The van der Waals surface area contributed by atoms with Crippen LogP contribution >= 0.6 is 0 Å². The molecule has 0 spiro atoms. The van der Waals surface area contributed by atoms with E-state index in [1.807, 2.05) is 13.8 Å². The van der Waals surface area contributed by atoms with E-state index < -0.39 is 52.2 Å². The first kappa shape index (κ1) is 36.5. The zero-order valence-corrected chi connectivity index (χ0v) is 28.8. The fraction of sp³-hybridized carbons (Fsp3) is 0.216. The number of hydrogen-bond donors (Lipinski definition) is 1. The zero-order valence-electron chi connectivity index (χ0n) is 28.8. The van der Waals surface area contributed by atoms with Crippen molar-refractivity contribution in [1.29, 1.82) is 0 Å². The molecule has 1 amide bonds. The summed E-state index contributed by atoms with van der Waals surface area (Å²) in [5.74, 6) is -2.90. The summed E-state index contributed by atoms with van der Waals surface area (Å²) in [4.78, 5) is 39.1. The molecule has 0 saturated heterocycles. The van der Waals surface area contributed by atoms with Gasteiger partial charge in [0, 0.05) is 46.2 Å². The summed E-state index contributed by atoms with van der Waals surface area (Å²) in [6, 6.07) is 11.7. The second kappa shape index (κ2) is 13.7. The van der Waals surface area contributed by atoms with Gasteiger partial charge in [-0.25, -0.2) is 13.6 Å². The van der Waals surface area contributed by atoms with Gasteiger partial charge in [-0.15, -0.1) is 0 Å². The smallest absolute Gasteiger partial charge is 0.435 e. The molecule has 3 heterocycles. The largest absolute Gasteiger partial charge is 0.454 e. The molecule has 11 nitrogen and oxygen atoms in total. The number of ether oxygens (including phenoxy) is 2. The number of amides is 1. The van der Waals surface area contributed by atoms with Crippen LogP contribution in [0.15, 0.2) is 90.1 Å². The number of anilines is 1. The van der Waals surface area contributed by atoms with E-state index in [9.17, 15) is 31.9 Å². The number of halogens is 5. The van der Waals surface area contributed by atoms with Crippen molar-refractivity contribution in [3.63, 3.8) is 0 Å². The maximum Gasteiger partial charge on any atom is 0.435 e. The molecule has 0 radical (unpaired) electrons. The van der Waals surface area contributed by atoms with Gasteiger partial charge in [0.2, 0.25) is 0 Å². The predicted molar refractivity (Wildman–Crippen MR) is 184 cm³/mol. The third kappa shape index (κ3) is 7.66. The highest BCUT2D eigenvalue weighted by atomic mass is 19.4. The minimum Gasteiger partial charge on any atom is -0.454 e. The molecule has 0 aliphatic rings. The average Bonchev–Trinajstić information content (AvgIpc) is 3.72. The third-order valence-electron chi connectivity index (χ3n) is 7.77. The molecule has 0 atom stereocenters. The second-order valence-corrected chi connectivity index (χ2v) is 13.2. The number of hydrogen-bond acceptors (Lipinski definition) is 7. The van der Waals surface area contributed by atoms with Gasteiger partial charge in [0.1, 0.15) is 28.4 Å². The molecule has 0 saturated carbocycles. The quantitative estimate of drug-likeness (QED) is 0.163. The summed E-state index contributed by atoms with van der Waals surface area (Å²) in [6.45, 7) is 9.05. The maximum atomic E-state index is 15.6. The minimum atomic E-state index is -4.99. The predicted octanol–water partition coefficient (Wildman–Crippen LogP) is 8.76. The molecule has 1 N–H and O–H groups in total. The van der Waals surface area contributed by atoms with Crippen LogP contribution < -0.4 is 15.6 Å². The van der Waals surface area contributed by atoms with Crippen LogP contribution in [0.5, 0.6) is 11.5 Å². The lowest BCUT2D eigenvalue weighted by atomic mass is 10.1. The highest BCUT2D eigenvalue weighted by molar-refractivity contribution is 6.04. The van der Waals surface area contributed by atoms with Gasteiger partial charge in [0.25, 0.3) is 11.5 Å². The van der Waals surface area contributed by atoms with Gasteiger partial charge >= 0.3 is 12.3 Å². The summed E-state index contributed by atoms with van der Waals surface area (Å²) < 4.78 is 85.0. The fourth-order valence-corrected chi connectivity index (χ4v) is 5.42. The van der Waals surface area contributed by atoms with E-state index in [4.69, 9.17) is 9.47 Å². The van der Waals surface area contributed by atoms with Crippen LogP contribution in [0.25, 0.3) is 27.7 Å². The topological polar surface area (TPSA) is 122 Å². The number of benzene rings is 3. The van der Waals surface area contributed by atoms with E-state index in [0.29, 0.717) is 28.6 Å². The number of alkyl halides is 3. The number of rotatable bonds is 7. The monoisotopic (exact) mass is 734 g/mol. The van der Waals surface area contributed by atoms with Crippen LogP contribution in [0.4, 0.5) is 32.4 Å². The van der Waals surface area contributed by atoms with Crippen molar-refractivity contribution in [2.45, 2.75) is 52.4 Å². The Morgan fingerprint density at radius 1 is 0.868 bits per heavy atom. The van der Waals surface area contributed by atoms with Gasteiger partial charge in [-0.3, -0.25) is 18.8 Å². The van der Waals surface area contributed by atoms with E-state index in [2.05, 4.69) is 15.5 Å². The van der Waals surface area contributed by atoms with Crippen LogP contribution in [0, 0.1) is 11.6 Å². The number of carbonyl (C=O) groups excluding carboxylic acids is 2. The molecular formula is C37H31F5N6O5. The highest BCUT2D eigenvalue weighted by Crippen LogP contribution is 2.39. The number of carbonyl (C=O) groups is 2. The van der Waals surface area contributed by atoms with E-state index in [1.165, 1.54) is 24.5 Å². The normalized spacial score (nSPS) is 12.0. The van der Waals surface area contributed by atoms with Gasteiger partial charge in [0.05, 0.1) is 17.9 Å². The molecule has 3 aromatic heterocycles. The van der Waals surface area contributed by atoms with Crippen LogP contribution in [0.3, 0.4) is 0 Å². The summed E-state index contributed by atoms with van der Waals surface area (Å²) >= 11 is 0. The van der Waals surface area contributed by atoms with Gasteiger partial charge in [-0.05, 0) is 95.3 Å². The molecule has 0 aliphatic heterocycles. The van der Waals surface area contributed by atoms with Gasteiger partial charge in [-0.1, -0.05) is 0 Å². The van der Waals surface area contributed by atoms with Crippen molar-refractivity contribution >= 4 is 28.6 Å². The van der Waals surface area contributed by atoms with E-state index in [1.54, 1.807) is 43.8 Å². The van der Waals surface area contributed by atoms with Gasteiger partial charge in [-0.2, -0.15) is 28.1 Å². The minimum absolute atomic E-state index is 0.00910. The first-order valence-electron chi connectivity index (χ1n) is 16.1. The average molecular weight is 735 g/mol. The Morgan fingerprint density at radius 3 is 2.23 bits per heavy atom. The maximum absolute atomic E-state index is 15.6. The van der Waals surface area contributed by atoms with Crippen LogP contribution in [-0.4, -0.2) is 41.7 Å². The Bertz CT molecular complexity index is 2420. The van der Waals surface area contributed by atoms with Gasteiger partial charge in [0.15, 0.2) is 11.6 Å². The second-order valence-electron chi connectivity index (χ2n) is 13.2. The van der Waals surface area contributed by atoms with Crippen molar-refractivity contribution in [3.8, 4) is 28.3 Å². The van der Waals surface area contributed by atoms with Crippen molar-refractivity contribution in [2.24, 2.45) is 0 Å². The summed E-state index contributed by atoms with van der Waals surface area (Å²) in [5.41, 5.74) is -3.03. The summed E-state index contributed by atoms with van der Waals surface area (Å²) in [5, 5.41) is 11.6. The van der Waals surface area contributed by atoms with Crippen LogP contribution in [-0.2, 0) is 10.9 Å². The van der Waals surface area contributed by atoms with E-state index in [-0.39, 0.29) is 33.5 Å². The number of aromatic nitrogens is 5. The molecule has 53 heavy (non-hydrogen) atoms. The Labute approximate surface area is 298 Å². The Kier molecular flexibility index (Phi) is 9.41. The summed E-state index contributed by atoms with van der Waals surface area (Å²) in [7, 11) is 0. The molecular weight excluding hydrogens is 703 g/mol. The standard InChI is InChI=1S/C37H31F5N6O5/c1-20(2)48-29-16-27(22-18-43-46(19-22)35(51)53-36(3,4)5)31(14-21(29)17-44-48)52-30-12-8-24(15-28(30)39)45-33(49)26-11-13-32(37(40,41)42)47(34(26)50)25-9-6-23(38)7-10-25/h6-20H,1-5H3,(H,45,49). The van der Waals surface area contributed by atoms with Crippen LogP contribution in [0.1, 0.15) is 56.7 Å². The molecule has 0 unspecified atom stereocenters. The van der Waals surface area contributed by atoms with E-state index in [0.717, 1.165) is 40.5 Å². The lowest BCUT2D eigenvalue weighted by Gasteiger charge is -2.18. The molecule has 16 heteroatoms. The zero-order chi connectivity index (χ0) is 38.4. The van der Waals surface area contributed by atoms with Crippen LogP contribution in [0.2, 0.25) is 0 Å². The van der Waals surface area contributed by atoms with Crippen molar-refractivity contribution in [2.75, 3.05) is 5.32 Å². The molecule has 0 aliphatic carbocycles. The SMILES string of the molecule is CC(C)n1ncc2cc(Oc3ccc(NC(=O)c4ccc(C(F)(F)F)n(-c5ccc(F)cc5)c4=O)cc3F)c(-c3cnn(C(=O)OC(C)(C)C)c3)cc21. The Balaban J connectivity index is 1.31. The van der Waals surface area contributed by atoms with Gasteiger partial charge < -0.3 is 14.8 Å². The Hall–Kier alpha value is -6.32. The van der Waals surface area contributed by atoms with E-state index >= 15 is 4.39 Å². The summed E-state index contributed by atoms with van der Waals surface area (Å²) in [6.07, 6.45) is -1.21. The number of pyridine rings is 1. The highest BCUT2D eigenvalue weighted by Gasteiger charge is 2.36. The van der Waals surface area contributed by atoms with Crippen molar-refractivity contribution < 1.29 is 41.0 Å². The molecule has 0 fully saturated rings. The molecule has 274 valence electrons. The first-order valence-corrected chi connectivity index (χ1v) is 16.1. The number of nitrogens with zero attached hydrogens (tertiary/aromatic N) is 5. The molecule has 6 aromatic rings. The molecule has 0 bridgehead atoms. The lowest BCUT2D eigenvalue weighted by molar-refractivity contribution is -0.142. The Morgan fingerprint density at radius 2 is 1.58 bits per heavy atom. The van der Waals surface area contributed by atoms with Crippen molar-refractivity contribution in [3.05, 3.63) is 119 Å². The lowest BCUT2D eigenvalue weighted by Crippen LogP contribution is -2.32. The number of fused-ring (bicyclic) bond motifs is 1. The molecule has 3 aromatic carbocycles.